The van der Waals surface area contributed by atoms with Gasteiger partial charge in [-0.1, -0.05) is 30.3 Å². The molecule has 2 aromatic carbocycles. The molecule has 1 amide bonds. The molecule has 0 unspecified atom stereocenters. The topological polar surface area (TPSA) is 84.5 Å². The Labute approximate surface area is 141 Å². The van der Waals surface area contributed by atoms with Gasteiger partial charge in [0.15, 0.2) is 0 Å². The monoisotopic (exact) mass is 348 g/mol. The van der Waals surface area contributed by atoms with E-state index < -0.39 is 22.0 Å². The normalized spacial score (nSPS) is 12.4. The number of carbonyl (C=O) groups is 1. The van der Waals surface area contributed by atoms with Crippen LogP contribution in [0.3, 0.4) is 0 Å². The molecule has 0 saturated heterocycles. The van der Waals surface area contributed by atoms with Gasteiger partial charge in [0, 0.05) is 0 Å². The van der Waals surface area contributed by atoms with Gasteiger partial charge in [-0.3, -0.25) is 4.79 Å². The third-order valence-electron chi connectivity index (χ3n) is 3.22. The SMILES string of the molecule is CCOc1ccccc1NC(=O)[C@@H](C)NS(=O)(=O)c1ccccc1. The molecule has 7 heteroatoms. The number of hydrogen-bond donors (Lipinski definition) is 2. The van der Waals surface area contributed by atoms with Gasteiger partial charge in [0.1, 0.15) is 5.75 Å². The number of hydrogen-bond acceptors (Lipinski definition) is 4. The highest BCUT2D eigenvalue weighted by molar-refractivity contribution is 7.89. The zero-order valence-corrected chi connectivity index (χ0v) is 14.3. The maximum Gasteiger partial charge on any atom is 0.242 e. The molecule has 2 aromatic rings. The highest BCUT2D eigenvalue weighted by atomic mass is 32.2. The molecule has 0 aliphatic heterocycles. The molecular formula is C17H20N2O4S. The Hall–Kier alpha value is -2.38. The van der Waals surface area contributed by atoms with E-state index >= 15 is 0 Å². The van der Waals surface area contributed by atoms with Crippen molar-refractivity contribution in [3.8, 4) is 5.75 Å². The summed E-state index contributed by atoms with van der Waals surface area (Å²) in [5.74, 6) is 0.0631. The molecule has 0 heterocycles. The number of ether oxygens (including phenoxy) is 1. The van der Waals surface area contributed by atoms with Crippen LogP contribution in [0.15, 0.2) is 59.5 Å². The van der Waals surface area contributed by atoms with Crippen molar-refractivity contribution in [3.05, 3.63) is 54.6 Å². The van der Waals surface area contributed by atoms with Crippen molar-refractivity contribution in [2.45, 2.75) is 24.8 Å². The van der Waals surface area contributed by atoms with Crippen LogP contribution in [0.5, 0.6) is 5.75 Å². The Morgan fingerprint density at radius 3 is 2.38 bits per heavy atom. The zero-order chi connectivity index (χ0) is 17.6. The minimum atomic E-state index is -3.76. The highest BCUT2D eigenvalue weighted by Crippen LogP contribution is 2.23. The third kappa shape index (κ3) is 4.56. The van der Waals surface area contributed by atoms with E-state index in [1.165, 1.54) is 19.1 Å². The lowest BCUT2D eigenvalue weighted by atomic mass is 10.2. The Balaban J connectivity index is 2.08. The predicted molar refractivity (Wildman–Crippen MR) is 92.5 cm³/mol. The number of benzene rings is 2. The molecule has 0 radical (unpaired) electrons. The number of para-hydroxylation sites is 2. The van der Waals surface area contributed by atoms with Crippen molar-refractivity contribution in [1.29, 1.82) is 0 Å². The maximum atomic E-state index is 12.3. The summed E-state index contributed by atoms with van der Waals surface area (Å²) < 4.78 is 32.3. The largest absolute Gasteiger partial charge is 0.492 e. The lowest BCUT2D eigenvalue weighted by molar-refractivity contribution is -0.117. The van der Waals surface area contributed by atoms with Crippen LogP contribution in [0, 0.1) is 0 Å². The molecule has 0 aliphatic rings. The molecular weight excluding hydrogens is 328 g/mol. The zero-order valence-electron chi connectivity index (χ0n) is 13.5. The van der Waals surface area contributed by atoms with Crippen molar-refractivity contribution in [2.24, 2.45) is 0 Å². The van der Waals surface area contributed by atoms with Crippen molar-refractivity contribution in [2.75, 3.05) is 11.9 Å². The lowest BCUT2D eigenvalue weighted by Gasteiger charge is -2.16. The second-order valence-electron chi connectivity index (χ2n) is 5.07. The van der Waals surface area contributed by atoms with E-state index in [0.717, 1.165) is 0 Å². The van der Waals surface area contributed by atoms with Crippen molar-refractivity contribution in [3.63, 3.8) is 0 Å². The fourth-order valence-corrected chi connectivity index (χ4v) is 3.27. The highest BCUT2D eigenvalue weighted by Gasteiger charge is 2.22. The van der Waals surface area contributed by atoms with Crippen molar-refractivity contribution >= 4 is 21.6 Å². The Morgan fingerprint density at radius 2 is 1.71 bits per heavy atom. The Morgan fingerprint density at radius 1 is 1.08 bits per heavy atom. The van der Waals surface area contributed by atoms with Gasteiger partial charge in [-0.2, -0.15) is 4.72 Å². The quantitative estimate of drug-likeness (QED) is 0.805. The first-order chi connectivity index (χ1) is 11.4. The third-order valence-corrected chi connectivity index (χ3v) is 4.78. The minimum absolute atomic E-state index is 0.111. The van der Waals surface area contributed by atoms with Gasteiger partial charge in [0.05, 0.1) is 23.2 Å². The second kappa shape index (κ2) is 7.94. The number of nitrogens with one attached hydrogen (secondary N) is 2. The van der Waals surface area contributed by atoms with E-state index in [0.29, 0.717) is 18.0 Å². The van der Waals surface area contributed by atoms with Crippen LogP contribution < -0.4 is 14.8 Å². The average molecular weight is 348 g/mol. The molecule has 0 bridgehead atoms. The van der Waals surface area contributed by atoms with Crippen LogP contribution in [0.25, 0.3) is 0 Å². The molecule has 0 saturated carbocycles. The Kier molecular flexibility index (Phi) is 5.94. The van der Waals surface area contributed by atoms with E-state index in [-0.39, 0.29) is 4.90 Å². The van der Waals surface area contributed by atoms with Gasteiger partial charge in [0.25, 0.3) is 0 Å². The van der Waals surface area contributed by atoms with E-state index in [4.69, 9.17) is 4.74 Å². The molecule has 128 valence electrons. The number of carbonyl (C=O) groups excluding carboxylic acids is 1. The first-order valence-electron chi connectivity index (χ1n) is 7.54. The average Bonchev–Trinajstić information content (AvgIpc) is 2.57. The minimum Gasteiger partial charge on any atom is -0.492 e. The first kappa shape index (κ1) is 18.0. The summed E-state index contributed by atoms with van der Waals surface area (Å²) in [6.07, 6.45) is 0. The van der Waals surface area contributed by atoms with Gasteiger partial charge >= 0.3 is 0 Å². The van der Waals surface area contributed by atoms with Crippen molar-refractivity contribution < 1.29 is 17.9 Å². The number of amides is 1. The van der Waals surface area contributed by atoms with Gasteiger partial charge < -0.3 is 10.1 Å². The number of sulfonamides is 1. The van der Waals surface area contributed by atoms with E-state index in [1.807, 2.05) is 6.92 Å². The van der Waals surface area contributed by atoms with Crippen LogP contribution in [-0.2, 0) is 14.8 Å². The van der Waals surface area contributed by atoms with Crippen LogP contribution in [-0.4, -0.2) is 27.0 Å². The van der Waals surface area contributed by atoms with Gasteiger partial charge in [-0.15, -0.1) is 0 Å². The molecule has 6 nitrogen and oxygen atoms in total. The molecule has 0 aromatic heterocycles. The van der Waals surface area contributed by atoms with Crippen LogP contribution in [0.4, 0.5) is 5.69 Å². The molecule has 0 fully saturated rings. The fourth-order valence-electron chi connectivity index (χ4n) is 2.05. The summed E-state index contributed by atoms with van der Waals surface area (Å²) in [5, 5.41) is 2.68. The van der Waals surface area contributed by atoms with E-state index in [9.17, 15) is 13.2 Å². The van der Waals surface area contributed by atoms with Crippen LogP contribution >= 0.6 is 0 Å². The second-order valence-corrected chi connectivity index (χ2v) is 6.79. The lowest BCUT2D eigenvalue weighted by Crippen LogP contribution is -2.41. The van der Waals surface area contributed by atoms with Gasteiger partial charge in [0.2, 0.25) is 15.9 Å². The summed E-state index contributed by atoms with van der Waals surface area (Å²) in [4.78, 5) is 12.4. The van der Waals surface area contributed by atoms with E-state index in [1.54, 1.807) is 42.5 Å². The summed E-state index contributed by atoms with van der Waals surface area (Å²) in [5.41, 5.74) is 0.495. The number of rotatable bonds is 7. The summed E-state index contributed by atoms with van der Waals surface area (Å²) in [7, 11) is -3.76. The molecule has 24 heavy (non-hydrogen) atoms. The molecule has 0 spiro atoms. The molecule has 2 rings (SSSR count). The standard InChI is InChI=1S/C17H20N2O4S/c1-3-23-16-12-8-7-11-15(16)18-17(20)13(2)19-24(21,22)14-9-5-4-6-10-14/h4-13,19H,3H2,1-2H3,(H,18,20)/t13-/m1/s1. The van der Waals surface area contributed by atoms with E-state index in [2.05, 4.69) is 10.0 Å². The molecule has 0 aliphatic carbocycles. The summed E-state index contributed by atoms with van der Waals surface area (Å²) in [6.45, 7) is 3.79. The smallest absolute Gasteiger partial charge is 0.242 e. The fraction of sp³-hybridized carbons (Fsp3) is 0.235. The first-order valence-corrected chi connectivity index (χ1v) is 9.02. The molecule has 1 atom stereocenters. The summed E-state index contributed by atoms with van der Waals surface area (Å²) in [6, 6.07) is 14.0. The van der Waals surface area contributed by atoms with Crippen LogP contribution in [0.2, 0.25) is 0 Å². The Bertz CT molecular complexity index is 791. The van der Waals surface area contributed by atoms with Gasteiger partial charge in [-0.25, -0.2) is 8.42 Å². The van der Waals surface area contributed by atoms with Crippen molar-refractivity contribution in [1.82, 2.24) is 4.72 Å². The predicted octanol–water partition coefficient (Wildman–Crippen LogP) is 2.39. The van der Waals surface area contributed by atoms with Gasteiger partial charge in [-0.05, 0) is 38.1 Å². The maximum absolute atomic E-state index is 12.3. The number of anilines is 1. The molecule has 2 N–H and O–H groups in total. The van der Waals surface area contributed by atoms with Crippen LogP contribution in [0.1, 0.15) is 13.8 Å². The summed E-state index contributed by atoms with van der Waals surface area (Å²) >= 11 is 0.